The molecule has 3 rings (SSSR count). The van der Waals surface area contributed by atoms with Gasteiger partial charge in [0.1, 0.15) is 22.6 Å². The van der Waals surface area contributed by atoms with E-state index in [9.17, 15) is 0 Å². The number of aromatic nitrogens is 2. The number of hydrogen-bond acceptors (Lipinski definition) is 5. The van der Waals surface area contributed by atoms with Crippen LogP contribution in [0.3, 0.4) is 0 Å². The predicted octanol–water partition coefficient (Wildman–Crippen LogP) is 4.76. The van der Waals surface area contributed by atoms with Gasteiger partial charge in [0.25, 0.3) is 0 Å². The van der Waals surface area contributed by atoms with Crippen LogP contribution in [0.2, 0.25) is 10.0 Å². The number of benzene rings is 1. The number of nitrogens with zero attached hydrogens (tertiary/aromatic N) is 2. The van der Waals surface area contributed by atoms with Crippen LogP contribution in [0, 0.1) is 0 Å². The van der Waals surface area contributed by atoms with Crippen molar-refractivity contribution in [3.63, 3.8) is 0 Å². The molecule has 0 aliphatic rings. The van der Waals surface area contributed by atoms with Crippen LogP contribution in [0.1, 0.15) is 19.6 Å². The summed E-state index contributed by atoms with van der Waals surface area (Å²) >= 11 is 13.6. The Bertz CT molecular complexity index is 782. The molecule has 0 fully saturated rings. The Morgan fingerprint density at radius 2 is 1.95 bits per heavy atom. The molecule has 21 heavy (non-hydrogen) atoms. The van der Waals surface area contributed by atoms with E-state index in [2.05, 4.69) is 27.9 Å². The molecule has 4 nitrogen and oxygen atoms in total. The van der Waals surface area contributed by atoms with Gasteiger partial charge >= 0.3 is 0 Å². The third-order valence-corrected chi connectivity index (χ3v) is 4.15. The summed E-state index contributed by atoms with van der Waals surface area (Å²) in [5.41, 5.74) is 2.06. The molecule has 110 valence electrons. The van der Waals surface area contributed by atoms with Crippen LogP contribution >= 0.6 is 34.9 Å². The van der Waals surface area contributed by atoms with Gasteiger partial charge in [-0.2, -0.15) is 8.75 Å². The van der Waals surface area contributed by atoms with Gasteiger partial charge in [0.15, 0.2) is 0 Å². The van der Waals surface area contributed by atoms with Crippen molar-refractivity contribution in [3.8, 4) is 11.3 Å². The highest BCUT2D eigenvalue weighted by Gasteiger charge is 2.18. The molecule has 2 heterocycles. The van der Waals surface area contributed by atoms with Crippen LogP contribution in [0.5, 0.6) is 0 Å². The van der Waals surface area contributed by atoms with Crippen molar-refractivity contribution in [2.75, 3.05) is 0 Å². The molecule has 1 aromatic carbocycles. The molecule has 0 spiro atoms. The monoisotopic (exact) mass is 341 g/mol. The molecule has 0 unspecified atom stereocenters. The summed E-state index contributed by atoms with van der Waals surface area (Å²) < 4.78 is 14.3. The molecule has 3 aromatic rings. The fourth-order valence-corrected chi connectivity index (χ4v) is 3.23. The van der Waals surface area contributed by atoms with E-state index in [1.807, 2.05) is 12.1 Å². The molecular formula is C14H13Cl2N3OS. The van der Waals surface area contributed by atoms with E-state index in [4.69, 9.17) is 27.6 Å². The van der Waals surface area contributed by atoms with Crippen molar-refractivity contribution in [1.29, 1.82) is 0 Å². The molecule has 0 atom stereocenters. The molecule has 1 N–H and O–H groups in total. The second-order valence-electron chi connectivity index (χ2n) is 4.98. The second-order valence-corrected chi connectivity index (χ2v) is 6.32. The third-order valence-electron chi connectivity index (χ3n) is 3.04. The van der Waals surface area contributed by atoms with Gasteiger partial charge in [-0.05, 0) is 18.2 Å². The van der Waals surface area contributed by atoms with E-state index in [0.29, 0.717) is 39.4 Å². The van der Waals surface area contributed by atoms with Gasteiger partial charge in [-0.15, -0.1) is 0 Å². The summed E-state index contributed by atoms with van der Waals surface area (Å²) in [4.78, 5) is 0. The first-order chi connectivity index (χ1) is 10.1. The van der Waals surface area contributed by atoms with E-state index >= 15 is 0 Å². The summed E-state index contributed by atoms with van der Waals surface area (Å²) in [6, 6.07) is 5.90. The lowest BCUT2D eigenvalue weighted by Gasteiger charge is -2.06. The van der Waals surface area contributed by atoms with Crippen LogP contribution in [0.25, 0.3) is 22.4 Å². The Morgan fingerprint density at radius 3 is 2.71 bits per heavy atom. The summed E-state index contributed by atoms with van der Waals surface area (Å²) in [6.45, 7) is 4.84. The van der Waals surface area contributed by atoms with Crippen molar-refractivity contribution in [1.82, 2.24) is 14.1 Å². The van der Waals surface area contributed by atoms with Crippen molar-refractivity contribution < 1.29 is 4.42 Å². The molecule has 7 heteroatoms. The number of halogens is 2. The number of nitrogens with one attached hydrogen (secondary N) is 1. The molecule has 0 aliphatic carbocycles. The fourth-order valence-electron chi connectivity index (χ4n) is 2.02. The van der Waals surface area contributed by atoms with Crippen LogP contribution < -0.4 is 5.32 Å². The minimum atomic E-state index is 0.395. The average molecular weight is 342 g/mol. The Hall–Kier alpha value is -1.14. The van der Waals surface area contributed by atoms with Gasteiger partial charge in [0, 0.05) is 6.04 Å². The number of fused-ring (bicyclic) bond motifs is 1. The SMILES string of the molecule is CC(C)NCc1ccc(-c2c(Cl)cc(Cl)c3nsnc23)o1. The lowest BCUT2D eigenvalue weighted by Crippen LogP contribution is -2.21. The lowest BCUT2D eigenvalue weighted by molar-refractivity contribution is 0.473. The van der Waals surface area contributed by atoms with E-state index in [0.717, 1.165) is 23.1 Å². The molecule has 0 bridgehead atoms. The maximum Gasteiger partial charge on any atom is 0.138 e. The van der Waals surface area contributed by atoms with Crippen molar-refractivity contribution in [2.24, 2.45) is 0 Å². The van der Waals surface area contributed by atoms with E-state index in [1.165, 1.54) is 0 Å². The molecule has 2 aromatic heterocycles. The van der Waals surface area contributed by atoms with Crippen LogP contribution in [0.4, 0.5) is 0 Å². The minimum absolute atomic E-state index is 0.395. The molecule has 0 saturated heterocycles. The van der Waals surface area contributed by atoms with Gasteiger partial charge < -0.3 is 9.73 Å². The van der Waals surface area contributed by atoms with Gasteiger partial charge in [-0.1, -0.05) is 37.0 Å². The smallest absolute Gasteiger partial charge is 0.138 e. The van der Waals surface area contributed by atoms with Crippen LogP contribution in [-0.2, 0) is 6.54 Å². The van der Waals surface area contributed by atoms with E-state index in [1.54, 1.807) is 6.07 Å². The fraction of sp³-hybridized carbons (Fsp3) is 0.286. The zero-order valence-electron chi connectivity index (χ0n) is 11.5. The highest BCUT2D eigenvalue weighted by atomic mass is 35.5. The largest absolute Gasteiger partial charge is 0.460 e. The third kappa shape index (κ3) is 2.92. The van der Waals surface area contributed by atoms with Crippen molar-refractivity contribution in [2.45, 2.75) is 26.4 Å². The summed E-state index contributed by atoms with van der Waals surface area (Å²) in [5, 5.41) is 4.32. The zero-order chi connectivity index (χ0) is 15.0. The highest BCUT2D eigenvalue weighted by molar-refractivity contribution is 7.00. The molecule has 0 radical (unpaired) electrons. The molecular weight excluding hydrogens is 329 g/mol. The van der Waals surface area contributed by atoms with Crippen LogP contribution in [-0.4, -0.2) is 14.8 Å². The van der Waals surface area contributed by atoms with Gasteiger partial charge in [-0.25, -0.2) is 0 Å². The summed E-state index contributed by atoms with van der Waals surface area (Å²) in [6.07, 6.45) is 0. The maximum atomic E-state index is 6.31. The lowest BCUT2D eigenvalue weighted by atomic mass is 10.1. The molecule has 0 aliphatic heterocycles. The van der Waals surface area contributed by atoms with Crippen LogP contribution in [0.15, 0.2) is 22.6 Å². The quantitative estimate of drug-likeness (QED) is 0.743. The molecule has 0 amide bonds. The number of furan rings is 1. The van der Waals surface area contributed by atoms with Gasteiger partial charge in [0.05, 0.1) is 33.9 Å². The standard InChI is InChI=1S/C14H13Cl2N3OS/c1-7(2)17-6-8-3-4-11(20-8)12-9(15)5-10(16)13-14(12)19-21-18-13/h3-5,7,17H,6H2,1-2H3. The topological polar surface area (TPSA) is 51.0 Å². The maximum absolute atomic E-state index is 6.31. The zero-order valence-corrected chi connectivity index (χ0v) is 13.8. The van der Waals surface area contributed by atoms with Crippen molar-refractivity contribution in [3.05, 3.63) is 34.0 Å². The Morgan fingerprint density at radius 1 is 1.19 bits per heavy atom. The normalized spacial score (nSPS) is 11.7. The van der Waals surface area contributed by atoms with Gasteiger partial charge in [-0.3, -0.25) is 0 Å². The van der Waals surface area contributed by atoms with Gasteiger partial charge in [0.2, 0.25) is 0 Å². The van der Waals surface area contributed by atoms with E-state index < -0.39 is 0 Å². The predicted molar refractivity (Wildman–Crippen MR) is 87.1 cm³/mol. The van der Waals surface area contributed by atoms with Crippen molar-refractivity contribution >= 4 is 46.0 Å². The average Bonchev–Trinajstić information content (AvgIpc) is 3.05. The number of rotatable bonds is 4. The Balaban J connectivity index is 2.03. The minimum Gasteiger partial charge on any atom is -0.460 e. The first kappa shape index (κ1) is 14.8. The Kier molecular flexibility index (Phi) is 4.17. The summed E-state index contributed by atoms with van der Waals surface area (Å²) in [5.74, 6) is 1.52. The summed E-state index contributed by atoms with van der Waals surface area (Å²) in [7, 11) is 0. The van der Waals surface area contributed by atoms with E-state index in [-0.39, 0.29) is 0 Å². The highest BCUT2D eigenvalue weighted by Crippen LogP contribution is 2.38. The first-order valence-corrected chi connectivity index (χ1v) is 7.97. The molecule has 0 saturated carbocycles. The first-order valence-electron chi connectivity index (χ1n) is 6.49. The number of hydrogen-bond donors (Lipinski definition) is 1. The Labute approximate surface area is 136 Å². The second kappa shape index (κ2) is 5.93.